The van der Waals surface area contributed by atoms with Gasteiger partial charge in [-0.15, -0.1) is 16.4 Å². The Morgan fingerprint density at radius 1 is 1.19 bits per heavy atom. The number of rotatable bonds is 4. The molecule has 5 rings (SSSR count). The van der Waals surface area contributed by atoms with Crippen LogP contribution in [0, 0.1) is 0 Å². The largest absolute Gasteiger partial charge is 0.344 e. The Morgan fingerprint density at radius 3 is 2.87 bits per heavy atom. The molecule has 0 aliphatic carbocycles. The number of pyridine rings is 1. The fourth-order valence-corrected chi connectivity index (χ4v) is 5.45. The molecule has 0 spiro atoms. The second kappa shape index (κ2) is 7.73. The molecule has 1 fully saturated rings. The van der Waals surface area contributed by atoms with Crippen molar-refractivity contribution in [2.75, 3.05) is 27.2 Å². The third kappa shape index (κ3) is 3.44. The standard InChI is InChI=1S/C22H22N6O2S/c1-26(2)22(30)20-19(15-6-5-10-23-21(15)31-20)14-9-11-27(12-14)18(29)13-28-17-8-4-3-7-16(17)24-25-28/h3-8,10,14H,9,11-13H2,1-2H3/t14-/m1/s1. The molecule has 2 amide bonds. The minimum Gasteiger partial charge on any atom is -0.344 e. The fraction of sp³-hybridized carbons (Fsp3) is 0.318. The molecule has 1 atom stereocenters. The van der Waals surface area contributed by atoms with E-state index < -0.39 is 0 Å². The van der Waals surface area contributed by atoms with Gasteiger partial charge in [0.1, 0.15) is 16.9 Å². The van der Waals surface area contributed by atoms with Crippen molar-refractivity contribution in [2.24, 2.45) is 0 Å². The van der Waals surface area contributed by atoms with Gasteiger partial charge in [0.15, 0.2) is 0 Å². The first-order valence-electron chi connectivity index (χ1n) is 10.2. The Balaban J connectivity index is 1.40. The number of carbonyl (C=O) groups is 2. The zero-order valence-electron chi connectivity index (χ0n) is 17.4. The molecule has 0 N–H and O–H groups in total. The van der Waals surface area contributed by atoms with Crippen LogP contribution in [0.2, 0.25) is 0 Å². The molecule has 1 aromatic carbocycles. The number of thiophene rings is 1. The number of fused-ring (bicyclic) bond motifs is 2. The minimum absolute atomic E-state index is 0.0105. The summed E-state index contributed by atoms with van der Waals surface area (Å²) in [5.41, 5.74) is 2.65. The van der Waals surface area contributed by atoms with Gasteiger partial charge < -0.3 is 9.80 Å². The fourth-order valence-electron chi connectivity index (χ4n) is 4.20. The molecule has 4 heterocycles. The lowest BCUT2D eigenvalue weighted by Gasteiger charge is -2.18. The summed E-state index contributed by atoms with van der Waals surface area (Å²) in [6, 6.07) is 11.5. The molecule has 0 saturated carbocycles. The van der Waals surface area contributed by atoms with Gasteiger partial charge in [0.25, 0.3) is 5.91 Å². The monoisotopic (exact) mass is 434 g/mol. The van der Waals surface area contributed by atoms with E-state index in [9.17, 15) is 9.59 Å². The number of likely N-dealkylation sites (tertiary alicyclic amines) is 1. The molecule has 9 heteroatoms. The van der Waals surface area contributed by atoms with E-state index in [1.165, 1.54) is 11.3 Å². The topological polar surface area (TPSA) is 84.2 Å². The summed E-state index contributed by atoms with van der Waals surface area (Å²) in [6.45, 7) is 1.39. The molecule has 1 aliphatic heterocycles. The highest BCUT2D eigenvalue weighted by Crippen LogP contribution is 2.39. The average Bonchev–Trinajstić information content (AvgIpc) is 3.49. The van der Waals surface area contributed by atoms with Crippen LogP contribution in [0.4, 0.5) is 0 Å². The van der Waals surface area contributed by atoms with Crippen LogP contribution in [0.15, 0.2) is 42.6 Å². The summed E-state index contributed by atoms with van der Waals surface area (Å²) in [6.07, 6.45) is 2.57. The molecule has 158 valence electrons. The van der Waals surface area contributed by atoms with Gasteiger partial charge >= 0.3 is 0 Å². The molecule has 3 aromatic heterocycles. The maximum absolute atomic E-state index is 13.0. The van der Waals surface area contributed by atoms with Crippen LogP contribution in [0.5, 0.6) is 0 Å². The quantitative estimate of drug-likeness (QED) is 0.493. The number of aromatic nitrogens is 4. The van der Waals surface area contributed by atoms with Crippen LogP contribution in [-0.2, 0) is 11.3 Å². The van der Waals surface area contributed by atoms with Crippen LogP contribution in [-0.4, -0.2) is 68.8 Å². The average molecular weight is 435 g/mol. The minimum atomic E-state index is -0.0168. The van der Waals surface area contributed by atoms with Crippen LogP contribution >= 0.6 is 11.3 Å². The number of amides is 2. The third-order valence-electron chi connectivity index (χ3n) is 5.76. The summed E-state index contributed by atoms with van der Waals surface area (Å²) in [7, 11) is 3.52. The van der Waals surface area contributed by atoms with Crippen molar-refractivity contribution in [3.63, 3.8) is 0 Å². The smallest absolute Gasteiger partial charge is 0.263 e. The van der Waals surface area contributed by atoms with Crippen molar-refractivity contribution in [1.29, 1.82) is 0 Å². The molecule has 8 nitrogen and oxygen atoms in total. The molecule has 4 aromatic rings. The first-order valence-corrected chi connectivity index (χ1v) is 11.0. The number of carbonyl (C=O) groups excluding carboxylic acids is 2. The second-order valence-corrected chi connectivity index (χ2v) is 8.96. The van der Waals surface area contributed by atoms with Gasteiger partial charge in [-0.05, 0) is 30.2 Å². The Labute approximate surface area is 183 Å². The van der Waals surface area contributed by atoms with Gasteiger partial charge in [0, 0.05) is 44.7 Å². The predicted octanol–water partition coefficient (Wildman–Crippen LogP) is 2.76. The predicted molar refractivity (Wildman–Crippen MR) is 119 cm³/mol. The summed E-state index contributed by atoms with van der Waals surface area (Å²) in [5.74, 6) is 0.0986. The summed E-state index contributed by atoms with van der Waals surface area (Å²) in [4.78, 5) is 35.4. The molecule has 0 radical (unpaired) electrons. The van der Waals surface area contributed by atoms with Crippen molar-refractivity contribution in [3.05, 3.63) is 53.0 Å². The van der Waals surface area contributed by atoms with Gasteiger partial charge in [-0.2, -0.15) is 0 Å². The molecule has 1 saturated heterocycles. The van der Waals surface area contributed by atoms with Crippen LogP contribution in [0.25, 0.3) is 21.3 Å². The second-order valence-electron chi connectivity index (χ2n) is 7.96. The molecular weight excluding hydrogens is 412 g/mol. The Bertz CT molecular complexity index is 1290. The zero-order valence-corrected chi connectivity index (χ0v) is 18.2. The third-order valence-corrected chi connectivity index (χ3v) is 6.88. The van der Waals surface area contributed by atoms with E-state index in [1.54, 1.807) is 29.9 Å². The van der Waals surface area contributed by atoms with E-state index >= 15 is 0 Å². The number of benzene rings is 1. The van der Waals surface area contributed by atoms with Crippen LogP contribution in [0.1, 0.15) is 27.6 Å². The maximum atomic E-state index is 13.0. The van der Waals surface area contributed by atoms with Gasteiger partial charge in [0.05, 0.1) is 10.4 Å². The van der Waals surface area contributed by atoms with Crippen molar-refractivity contribution in [2.45, 2.75) is 18.9 Å². The van der Waals surface area contributed by atoms with E-state index in [4.69, 9.17) is 0 Å². The van der Waals surface area contributed by atoms with Crippen molar-refractivity contribution < 1.29 is 9.59 Å². The Morgan fingerprint density at radius 2 is 2.03 bits per heavy atom. The lowest BCUT2D eigenvalue weighted by Crippen LogP contribution is -2.32. The van der Waals surface area contributed by atoms with Gasteiger partial charge in [-0.25, -0.2) is 9.67 Å². The molecule has 0 bridgehead atoms. The first-order chi connectivity index (χ1) is 15.0. The summed E-state index contributed by atoms with van der Waals surface area (Å²) in [5, 5.41) is 9.28. The van der Waals surface area contributed by atoms with Gasteiger partial charge in [-0.1, -0.05) is 23.4 Å². The lowest BCUT2D eigenvalue weighted by atomic mass is 9.95. The summed E-state index contributed by atoms with van der Waals surface area (Å²) < 4.78 is 1.65. The SMILES string of the molecule is CN(C)C(=O)c1sc2ncccc2c1[C@@H]1CCN(C(=O)Cn2nnc3ccccc32)C1. The molecule has 0 unspecified atom stereocenters. The highest BCUT2D eigenvalue weighted by atomic mass is 32.1. The number of hydrogen-bond donors (Lipinski definition) is 0. The van der Waals surface area contributed by atoms with E-state index in [2.05, 4.69) is 15.3 Å². The van der Waals surface area contributed by atoms with Crippen molar-refractivity contribution >= 4 is 44.4 Å². The number of hydrogen-bond acceptors (Lipinski definition) is 6. The van der Waals surface area contributed by atoms with Gasteiger partial charge in [-0.3, -0.25) is 9.59 Å². The van der Waals surface area contributed by atoms with E-state index in [-0.39, 0.29) is 24.3 Å². The first kappa shape index (κ1) is 19.6. The maximum Gasteiger partial charge on any atom is 0.263 e. The number of nitrogens with zero attached hydrogens (tertiary/aromatic N) is 6. The zero-order chi connectivity index (χ0) is 21.5. The highest BCUT2D eigenvalue weighted by molar-refractivity contribution is 7.20. The van der Waals surface area contributed by atoms with Crippen molar-refractivity contribution in [3.8, 4) is 0 Å². The van der Waals surface area contributed by atoms with E-state index in [0.717, 1.165) is 38.1 Å². The van der Waals surface area contributed by atoms with E-state index in [0.29, 0.717) is 13.1 Å². The normalized spacial score (nSPS) is 16.3. The van der Waals surface area contributed by atoms with Crippen LogP contribution < -0.4 is 0 Å². The Kier molecular flexibility index (Phi) is 4.90. The highest BCUT2D eigenvalue weighted by Gasteiger charge is 2.33. The Hall–Kier alpha value is -3.33. The summed E-state index contributed by atoms with van der Waals surface area (Å²) >= 11 is 1.43. The van der Waals surface area contributed by atoms with Gasteiger partial charge in [0.2, 0.25) is 5.91 Å². The number of para-hydroxylation sites is 1. The molecular formula is C22H22N6O2S. The molecule has 1 aliphatic rings. The molecule has 31 heavy (non-hydrogen) atoms. The van der Waals surface area contributed by atoms with E-state index in [1.807, 2.05) is 41.3 Å². The lowest BCUT2D eigenvalue weighted by molar-refractivity contribution is -0.130. The van der Waals surface area contributed by atoms with Crippen molar-refractivity contribution in [1.82, 2.24) is 29.8 Å². The van der Waals surface area contributed by atoms with Crippen LogP contribution in [0.3, 0.4) is 0 Å².